The minimum Gasteiger partial charge on any atom is -2.00 e. The first-order chi connectivity index (χ1) is 0. The van der Waals surface area contributed by atoms with Gasteiger partial charge in [0.25, 0.3) is 0 Å². The molecule has 0 aliphatic carbocycles. The summed E-state index contributed by atoms with van der Waals surface area (Å²) in [7, 11) is 0. The Hall–Kier alpha value is 3.93. The number of hydrogen-bond donors (Lipinski definition) is 0. The third kappa shape index (κ3) is 18.1. The summed E-state index contributed by atoms with van der Waals surface area (Å²) in [6, 6.07) is 0. The fourth-order valence-electron chi connectivity index (χ4n) is 0. The maximum absolute atomic E-state index is 0. The van der Waals surface area contributed by atoms with E-state index >= 15 is 0 Å². The Bertz CT molecular complexity index is 4.85. The molecule has 0 aromatic rings. The maximum Gasteiger partial charge on any atom is 0 e. The third-order valence-corrected chi connectivity index (χ3v) is 0. The first kappa shape index (κ1) is 36.3. The van der Waals surface area contributed by atoms with Crippen LogP contribution < -0.4 is 0 Å². The second-order valence-corrected chi connectivity index (χ2v) is 0. The molecule has 30 valence electrons. The maximum atomic E-state index is 0. The molecule has 0 rings (SSSR count). The van der Waals surface area contributed by atoms with Gasteiger partial charge in [0.2, 0.25) is 0 Å². The van der Waals surface area contributed by atoms with Crippen LogP contribution in [0.1, 0.15) is 0 Å². The van der Waals surface area contributed by atoms with Crippen molar-refractivity contribution >= 4 is 40.5 Å². The Morgan fingerprint density at radius 1 is 0.600 bits per heavy atom. The van der Waals surface area contributed by atoms with E-state index in [1.165, 1.54) is 0 Å². The van der Waals surface area contributed by atoms with Crippen LogP contribution in [-0.4, -0.2) is 0 Å². The Labute approximate surface area is 125 Å². The van der Waals surface area contributed by atoms with Gasteiger partial charge in [0.05, 0.1) is 0 Å². The van der Waals surface area contributed by atoms with Gasteiger partial charge in [-0.05, 0) is 0 Å². The van der Waals surface area contributed by atoms with Gasteiger partial charge in [0.1, 0.15) is 0 Å². The molecular weight excluding hydrogens is 550 g/mol. The fraction of sp³-hybridized carbons (Fsp3) is 0. The second-order valence-electron chi connectivity index (χ2n) is 0. The summed E-state index contributed by atoms with van der Waals surface area (Å²) in [5, 5.41) is 0. The molecule has 0 nitrogen and oxygen atoms in total. The van der Waals surface area contributed by atoms with E-state index in [9.17, 15) is 0 Å². The van der Waals surface area contributed by atoms with Gasteiger partial charge in [-0.25, -0.2) is 0 Å². The Morgan fingerprint density at radius 3 is 0.600 bits per heavy atom. The summed E-state index contributed by atoms with van der Waals surface area (Å²) in [5.41, 5.74) is 0. The Balaban J connectivity index is 0. The van der Waals surface area contributed by atoms with E-state index in [0.29, 0.717) is 0 Å². The molecule has 2 radical (unpaired) electrons. The van der Waals surface area contributed by atoms with E-state index in [-0.39, 0.29) is 129 Å². The molecule has 0 unspecified atom stereocenters. The zero-order chi connectivity index (χ0) is 0. The zero-order valence-electron chi connectivity index (χ0n) is 2.42. The van der Waals surface area contributed by atoms with E-state index < -0.39 is 0 Å². The number of rotatable bonds is 0. The smallest absolute Gasteiger partial charge is 0 e. The van der Waals surface area contributed by atoms with Gasteiger partial charge in [-0.1, -0.05) is 0 Å². The van der Waals surface area contributed by atoms with E-state index in [2.05, 4.69) is 0 Å². The fourth-order valence-corrected chi connectivity index (χ4v) is 0. The first-order valence-electron chi connectivity index (χ1n) is 0. The summed E-state index contributed by atoms with van der Waals surface area (Å²) in [4.78, 5) is 0. The molecule has 0 aliphatic rings. The molecule has 0 amide bonds. The standard InChI is InChI=1S/2Ac.H2S.2S/h;;1H2;;/q;;;2*-2/p-1. The molecule has 0 heterocycles. The second kappa shape index (κ2) is 24.7. The predicted molar refractivity (Wildman–Crippen MR) is 23.5 cm³/mol. The SMILES string of the molecule is [Ac].[Ac].[S-2].[S-2].[SH-]. The molecule has 0 fully saturated rings. The largest absolute Gasteiger partial charge is 2.00 e. The molecule has 0 N–H and O–H groups in total. The van der Waals surface area contributed by atoms with Crippen molar-refractivity contribution in [2.75, 3.05) is 0 Å². The van der Waals surface area contributed by atoms with Gasteiger partial charge in [0, 0.05) is 88.1 Å². The van der Waals surface area contributed by atoms with Crippen LogP contribution in [-0.2, 0) is 40.5 Å². The van der Waals surface area contributed by atoms with Gasteiger partial charge in [-0.15, -0.1) is 0 Å². The predicted octanol–water partition coefficient (Wildman–Crippen LogP) is -0.275. The molecule has 5 heavy (non-hydrogen) atoms. The minimum atomic E-state index is 0. The van der Waals surface area contributed by atoms with Crippen molar-refractivity contribution in [3.63, 3.8) is 0 Å². The quantitative estimate of drug-likeness (QED) is 0.295. The van der Waals surface area contributed by atoms with Crippen molar-refractivity contribution < 1.29 is 88.1 Å². The molecule has 0 spiro atoms. The van der Waals surface area contributed by atoms with Crippen molar-refractivity contribution in [3.05, 3.63) is 0 Å². The Morgan fingerprint density at radius 2 is 0.600 bits per heavy atom. The van der Waals surface area contributed by atoms with Gasteiger partial charge in [-0.3, -0.25) is 0 Å². The van der Waals surface area contributed by atoms with E-state index in [1.54, 1.807) is 0 Å². The number of hydrogen-bond acceptors (Lipinski definition) is 1. The summed E-state index contributed by atoms with van der Waals surface area (Å²) in [6.07, 6.45) is 0. The van der Waals surface area contributed by atoms with Crippen LogP contribution in [0.5, 0.6) is 0 Å². The minimum absolute atomic E-state index is 0. The molecule has 0 aromatic carbocycles. The van der Waals surface area contributed by atoms with Gasteiger partial charge in [0.15, 0.2) is 0 Å². The van der Waals surface area contributed by atoms with Gasteiger partial charge in [-0.2, -0.15) is 0 Å². The Kier molecular flexibility index (Phi) is 179. The topological polar surface area (TPSA) is 0 Å². The molecular formula is HAc2S3-5. The molecule has 0 bridgehead atoms. The first-order valence-corrected chi connectivity index (χ1v) is 0. The molecule has 0 saturated heterocycles. The van der Waals surface area contributed by atoms with E-state index in [0.717, 1.165) is 0 Å². The van der Waals surface area contributed by atoms with Crippen LogP contribution >= 0.6 is 0 Å². The number of thiol groups is 1. The molecule has 0 aliphatic heterocycles. The van der Waals surface area contributed by atoms with Crippen molar-refractivity contribution in [3.8, 4) is 0 Å². The third-order valence-electron chi connectivity index (χ3n) is 0. The van der Waals surface area contributed by atoms with Crippen molar-refractivity contribution in [2.24, 2.45) is 0 Å². The summed E-state index contributed by atoms with van der Waals surface area (Å²) >= 11 is 0. The van der Waals surface area contributed by atoms with Crippen molar-refractivity contribution in [1.29, 1.82) is 0 Å². The molecule has 0 aromatic heterocycles. The van der Waals surface area contributed by atoms with E-state index in [1.807, 2.05) is 0 Å². The molecule has 5 heteroatoms. The molecule has 0 saturated carbocycles. The van der Waals surface area contributed by atoms with Crippen molar-refractivity contribution in [1.82, 2.24) is 0 Å². The van der Waals surface area contributed by atoms with Crippen LogP contribution in [0.4, 0.5) is 0 Å². The normalized spacial score (nSPS) is 0. The van der Waals surface area contributed by atoms with Crippen LogP contribution in [0.15, 0.2) is 0 Å². The monoisotopic (exact) mass is 551 g/mol. The molecule has 0 atom stereocenters. The van der Waals surface area contributed by atoms with Crippen LogP contribution in [0, 0.1) is 88.1 Å². The average Bonchev–Trinajstić information content (AvgIpc) is 0. The van der Waals surface area contributed by atoms with Crippen LogP contribution in [0.2, 0.25) is 0 Å². The average molecular weight is 551 g/mol. The zero-order valence-corrected chi connectivity index (χ0v) is 14.4. The summed E-state index contributed by atoms with van der Waals surface area (Å²) in [6.45, 7) is 0. The summed E-state index contributed by atoms with van der Waals surface area (Å²) < 4.78 is 0. The summed E-state index contributed by atoms with van der Waals surface area (Å²) in [5.74, 6) is 0. The van der Waals surface area contributed by atoms with Crippen LogP contribution in [0.3, 0.4) is 0 Å². The van der Waals surface area contributed by atoms with Gasteiger partial charge >= 0.3 is 0 Å². The van der Waals surface area contributed by atoms with Gasteiger partial charge < -0.3 is 40.5 Å². The van der Waals surface area contributed by atoms with Crippen molar-refractivity contribution in [2.45, 2.75) is 0 Å². The van der Waals surface area contributed by atoms with Crippen LogP contribution in [0.25, 0.3) is 0 Å². The van der Waals surface area contributed by atoms with E-state index in [4.69, 9.17) is 0 Å².